The van der Waals surface area contributed by atoms with E-state index in [2.05, 4.69) is 15.3 Å². The van der Waals surface area contributed by atoms with Crippen LogP contribution in [0.15, 0.2) is 49.1 Å². The maximum Gasteiger partial charge on any atom is 0.416 e. The van der Waals surface area contributed by atoms with Crippen molar-refractivity contribution >= 4 is 17.4 Å². The number of rotatable bonds is 3. The summed E-state index contributed by atoms with van der Waals surface area (Å²) < 4.78 is 40.2. The molecule has 0 atom stereocenters. The van der Waals surface area contributed by atoms with E-state index in [1.54, 1.807) is 31.6 Å². The van der Waals surface area contributed by atoms with Gasteiger partial charge in [0.1, 0.15) is 12.1 Å². The first-order valence-electron chi connectivity index (χ1n) is 6.94. The third-order valence-electron chi connectivity index (χ3n) is 3.46. The number of halogens is 4. The molecule has 3 aromatic rings. The summed E-state index contributed by atoms with van der Waals surface area (Å²) in [4.78, 5) is 8.19. The second-order valence-corrected chi connectivity index (χ2v) is 5.42. The maximum atomic E-state index is 12.9. The van der Waals surface area contributed by atoms with E-state index in [4.69, 9.17) is 11.6 Å². The second kappa shape index (κ2) is 6.16. The zero-order chi connectivity index (χ0) is 17.3. The average Bonchev–Trinajstić information content (AvgIpc) is 3.04. The highest BCUT2D eigenvalue weighted by Gasteiger charge is 2.31. The number of nitrogens with one attached hydrogen (secondary N) is 1. The molecular weight excluding hydrogens is 341 g/mol. The Labute approximate surface area is 140 Å². The Hall–Kier alpha value is -2.54. The molecule has 3 rings (SSSR count). The van der Waals surface area contributed by atoms with Crippen molar-refractivity contribution in [2.45, 2.75) is 6.18 Å². The SMILES string of the molecule is CNc1cc(-c2ccn(-c3cc(C(F)(F)F)ccc3Cl)c2)ncn1. The van der Waals surface area contributed by atoms with Gasteiger partial charge >= 0.3 is 6.18 Å². The molecule has 4 nitrogen and oxygen atoms in total. The normalized spacial score (nSPS) is 11.5. The molecule has 0 bridgehead atoms. The monoisotopic (exact) mass is 352 g/mol. The third-order valence-corrected chi connectivity index (χ3v) is 3.78. The summed E-state index contributed by atoms with van der Waals surface area (Å²) in [5.41, 5.74) is 0.885. The van der Waals surface area contributed by atoms with Gasteiger partial charge in [-0.1, -0.05) is 11.6 Å². The van der Waals surface area contributed by atoms with Gasteiger partial charge in [-0.3, -0.25) is 0 Å². The van der Waals surface area contributed by atoms with Crippen LogP contribution in [-0.2, 0) is 6.18 Å². The lowest BCUT2D eigenvalue weighted by molar-refractivity contribution is -0.137. The van der Waals surface area contributed by atoms with Gasteiger partial charge in [-0.2, -0.15) is 13.2 Å². The van der Waals surface area contributed by atoms with E-state index in [1.165, 1.54) is 17.0 Å². The fourth-order valence-corrected chi connectivity index (χ4v) is 2.45. The molecule has 0 amide bonds. The fourth-order valence-electron chi connectivity index (χ4n) is 2.24. The molecule has 0 spiro atoms. The van der Waals surface area contributed by atoms with Crippen molar-refractivity contribution < 1.29 is 13.2 Å². The minimum atomic E-state index is -4.43. The molecule has 0 aliphatic heterocycles. The minimum Gasteiger partial charge on any atom is -0.373 e. The van der Waals surface area contributed by atoms with Gasteiger partial charge in [0, 0.05) is 31.1 Å². The molecule has 0 radical (unpaired) electrons. The summed E-state index contributed by atoms with van der Waals surface area (Å²) >= 11 is 6.06. The summed E-state index contributed by atoms with van der Waals surface area (Å²) in [5, 5.41) is 3.13. The van der Waals surface area contributed by atoms with Crippen LogP contribution in [0.25, 0.3) is 16.9 Å². The highest BCUT2D eigenvalue weighted by Crippen LogP contribution is 2.33. The van der Waals surface area contributed by atoms with Gasteiger partial charge < -0.3 is 9.88 Å². The second-order valence-electron chi connectivity index (χ2n) is 5.01. The van der Waals surface area contributed by atoms with E-state index < -0.39 is 11.7 Å². The summed E-state index contributed by atoms with van der Waals surface area (Å²) in [6.45, 7) is 0. The number of hydrogen-bond acceptors (Lipinski definition) is 3. The Bertz CT molecular complexity index is 874. The Balaban J connectivity index is 2.02. The van der Waals surface area contributed by atoms with Crippen LogP contribution in [-0.4, -0.2) is 21.6 Å². The summed E-state index contributed by atoms with van der Waals surface area (Å²) in [7, 11) is 1.74. The van der Waals surface area contributed by atoms with Gasteiger partial charge in [0.15, 0.2) is 0 Å². The Kier molecular flexibility index (Phi) is 4.19. The van der Waals surface area contributed by atoms with Crippen LogP contribution < -0.4 is 5.32 Å². The van der Waals surface area contributed by atoms with Crippen LogP contribution in [0.3, 0.4) is 0 Å². The van der Waals surface area contributed by atoms with Crippen molar-refractivity contribution in [3.63, 3.8) is 0 Å². The van der Waals surface area contributed by atoms with Crippen molar-refractivity contribution in [2.24, 2.45) is 0 Å². The molecule has 24 heavy (non-hydrogen) atoms. The largest absolute Gasteiger partial charge is 0.416 e. The zero-order valence-electron chi connectivity index (χ0n) is 12.5. The first-order chi connectivity index (χ1) is 11.4. The van der Waals surface area contributed by atoms with Gasteiger partial charge in [0.05, 0.1) is 22.0 Å². The third kappa shape index (κ3) is 3.21. The van der Waals surface area contributed by atoms with Gasteiger partial charge in [-0.25, -0.2) is 9.97 Å². The van der Waals surface area contributed by atoms with E-state index in [1.807, 2.05) is 0 Å². The average molecular weight is 353 g/mol. The smallest absolute Gasteiger partial charge is 0.373 e. The van der Waals surface area contributed by atoms with Gasteiger partial charge in [-0.15, -0.1) is 0 Å². The standard InChI is InChI=1S/C16H12ClF3N4/c1-21-15-7-13(22-9-23-15)10-4-5-24(8-10)14-6-11(16(18,19)20)2-3-12(14)17/h2-9H,1H3,(H,21,22,23). The van der Waals surface area contributed by atoms with Crippen LogP contribution in [0.4, 0.5) is 19.0 Å². The number of aromatic nitrogens is 3. The summed E-state index contributed by atoms with van der Waals surface area (Å²) in [6.07, 6.45) is 0.292. The molecule has 0 unspecified atom stereocenters. The molecule has 1 N–H and O–H groups in total. The van der Waals surface area contributed by atoms with Crippen LogP contribution in [0, 0.1) is 0 Å². The van der Waals surface area contributed by atoms with Crippen molar-refractivity contribution in [1.82, 2.24) is 14.5 Å². The van der Waals surface area contributed by atoms with Gasteiger partial charge in [-0.05, 0) is 24.3 Å². The first kappa shape index (κ1) is 16.3. The number of anilines is 1. The Morgan fingerprint density at radius 2 is 1.92 bits per heavy atom. The van der Waals surface area contributed by atoms with Gasteiger partial charge in [0.2, 0.25) is 0 Å². The molecule has 0 saturated carbocycles. The predicted octanol–water partition coefficient (Wildman–Crippen LogP) is 4.65. The zero-order valence-corrected chi connectivity index (χ0v) is 13.2. The number of nitrogens with zero attached hydrogens (tertiary/aromatic N) is 3. The van der Waals surface area contributed by atoms with E-state index in [-0.39, 0.29) is 10.7 Å². The van der Waals surface area contributed by atoms with Crippen LogP contribution in [0.2, 0.25) is 5.02 Å². The van der Waals surface area contributed by atoms with Crippen molar-refractivity contribution in [3.05, 3.63) is 59.6 Å². The number of benzene rings is 1. The van der Waals surface area contributed by atoms with Crippen molar-refractivity contribution in [3.8, 4) is 16.9 Å². The lowest BCUT2D eigenvalue weighted by Gasteiger charge is -2.11. The molecule has 0 aliphatic rings. The molecule has 0 fully saturated rings. The lowest BCUT2D eigenvalue weighted by Crippen LogP contribution is -2.06. The van der Waals surface area contributed by atoms with Crippen LogP contribution in [0.1, 0.15) is 5.56 Å². The summed E-state index contributed by atoms with van der Waals surface area (Å²) in [5.74, 6) is 0.643. The Morgan fingerprint density at radius 3 is 2.62 bits per heavy atom. The number of hydrogen-bond donors (Lipinski definition) is 1. The van der Waals surface area contributed by atoms with E-state index in [9.17, 15) is 13.2 Å². The Morgan fingerprint density at radius 1 is 1.12 bits per heavy atom. The van der Waals surface area contributed by atoms with Gasteiger partial charge in [0.25, 0.3) is 0 Å². The molecule has 0 aliphatic carbocycles. The lowest BCUT2D eigenvalue weighted by atomic mass is 10.2. The van der Waals surface area contributed by atoms with Crippen LogP contribution in [0.5, 0.6) is 0 Å². The first-order valence-corrected chi connectivity index (χ1v) is 7.31. The molecule has 2 heterocycles. The highest BCUT2D eigenvalue weighted by atomic mass is 35.5. The van der Waals surface area contributed by atoms with Crippen LogP contribution >= 0.6 is 11.6 Å². The minimum absolute atomic E-state index is 0.226. The quantitative estimate of drug-likeness (QED) is 0.746. The molecule has 8 heteroatoms. The fraction of sp³-hybridized carbons (Fsp3) is 0.125. The van der Waals surface area contributed by atoms with Crippen molar-refractivity contribution in [2.75, 3.05) is 12.4 Å². The maximum absolute atomic E-state index is 12.9. The highest BCUT2D eigenvalue weighted by molar-refractivity contribution is 6.32. The van der Waals surface area contributed by atoms with E-state index in [0.29, 0.717) is 11.5 Å². The molecule has 2 aromatic heterocycles. The molecule has 0 saturated heterocycles. The van der Waals surface area contributed by atoms with E-state index >= 15 is 0 Å². The van der Waals surface area contributed by atoms with Crippen molar-refractivity contribution in [1.29, 1.82) is 0 Å². The molecular formula is C16H12ClF3N4. The topological polar surface area (TPSA) is 42.7 Å². The summed E-state index contributed by atoms with van der Waals surface area (Å²) in [6, 6.07) is 6.71. The number of alkyl halides is 3. The van der Waals surface area contributed by atoms with E-state index in [0.717, 1.165) is 17.7 Å². The molecule has 1 aromatic carbocycles. The predicted molar refractivity (Wildman–Crippen MR) is 86.4 cm³/mol. The molecule has 124 valence electrons.